The van der Waals surface area contributed by atoms with E-state index in [1.54, 1.807) is 12.2 Å². The minimum Gasteiger partial charge on any atom is -0.317 e. The average molecular weight is 123 g/mol. The van der Waals surface area contributed by atoms with Crippen molar-refractivity contribution in [2.45, 2.75) is 6.92 Å². The lowest BCUT2D eigenvalue weighted by Crippen LogP contribution is -1.58. The molecule has 0 atom stereocenters. The van der Waals surface area contributed by atoms with Crippen LogP contribution in [0.3, 0.4) is 0 Å². The largest absolute Gasteiger partial charge is 0.317 e. The molecule has 0 amide bonds. The molecule has 0 aliphatic carbocycles. The fourth-order valence-corrected chi connectivity index (χ4v) is 0.254. The molecule has 0 saturated heterocycles. The summed E-state index contributed by atoms with van der Waals surface area (Å²) >= 11 is 0. The molecule has 9 heavy (non-hydrogen) atoms. The first-order valence-electron chi connectivity index (χ1n) is 2.58. The van der Waals surface area contributed by atoms with Crippen LogP contribution in [0, 0.1) is 5.41 Å². The topological polar surface area (TPSA) is 23.9 Å². The Morgan fingerprint density at radius 2 is 1.78 bits per heavy atom. The number of nitrogens with one attached hydrogen (secondary N) is 1. The number of allylic oxidation sites excluding steroid dienone is 4. The van der Waals surface area contributed by atoms with Gasteiger partial charge in [-0.3, -0.25) is 0 Å². The van der Waals surface area contributed by atoms with Crippen LogP contribution in [-0.4, -0.2) is 6.72 Å². The summed E-state index contributed by atoms with van der Waals surface area (Å²) in [6.07, 6.45) is 5.45. The molecular formula is C8H13N. The van der Waals surface area contributed by atoms with Gasteiger partial charge in [0.15, 0.2) is 0 Å². The van der Waals surface area contributed by atoms with Crippen molar-refractivity contribution in [3.8, 4) is 0 Å². The van der Waals surface area contributed by atoms with Gasteiger partial charge >= 0.3 is 0 Å². The van der Waals surface area contributed by atoms with Gasteiger partial charge in [0.05, 0.1) is 0 Å². The fourth-order valence-electron chi connectivity index (χ4n) is 0.254. The number of rotatable bonds is 2. The predicted molar refractivity (Wildman–Crippen MR) is 44.0 cm³/mol. The highest BCUT2D eigenvalue weighted by Gasteiger charge is 1.68. The van der Waals surface area contributed by atoms with Crippen molar-refractivity contribution in [1.82, 2.24) is 0 Å². The lowest BCUT2D eigenvalue weighted by molar-refractivity contribution is 1.54. The van der Waals surface area contributed by atoms with E-state index in [1.807, 2.05) is 13.0 Å². The molecule has 50 valence electrons. The van der Waals surface area contributed by atoms with Crippen molar-refractivity contribution < 1.29 is 0 Å². The van der Waals surface area contributed by atoms with Crippen LogP contribution in [0.25, 0.3) is 0 Å². The molecule has 1 heteroatoms. The molecule has 0 fully saturated rings. The molecule has 0 aromatic heterocycles. The first kappa shape index (κ1) is 10.8. The van der Waals surface area contributed by atoms with Crippen molar-refractivity contribution in [2.24, 2.45) is 0 Å². The molecule has 0 heterocycles. The van der Waals surface area contributed by atoms with E-state index in [-0.39, 0.29) is 0 Å². The summed E-state index contributed by atoms with van der Waals surface area (Å²) in [7, 11) is 0. The summed E-state index contributed by atoms with van der Waals surface area (Å²) in [5, 5.41) is 5.50. The zero-order valence-electron chi connectivity index (χ0n) is 5.85. The minimum absolute atomic E-state index is 1.15. The molecule has 0 unspecified atom stereocenters. The van der Waals surface area contributed by atoms with Gasteiger partial charge in [0.25, 0.3) is 0 Å². The molecule has 0 bridgehead atoms. The van der Waals surface area contributed by atoms with Gasteiger partial charge in [-0.15, -0.1) is 0 Å². The first-order valence-corrected chi connectivity index (χ1v) is 2.58. The Kier molecular flexibility index (Phi) is 12.0. The number of hydrogen-bond donors (Lipinski definition) is 1. The highest BCUT2D eigenvalue weighted by atomic mass is 14.2. The van der Waals surface area contributed by atoms with E-state index in [0.717, 1.165) is 5.57 Å². The van der Waals surface area contributed by atoms with Crippen molar-refractivity contribution in [2.75, 3.05) is 0 Å². The van der Waals surface area contributed by atoms with E-state index >= 15 is 0 Å². The molecule has 0 aliphatic rings. The van der Waals surface area contributed by atoms with Crippen LogP contribution in [0.2, 0.25) is 0 Å². The monoisotopic (exact) mass is 123 g/mol. The van der Waals surface area contributed by atoms with Crippen LogP contribution in [0.5, 0.6) is 0 Å². The van der Waals surface area contributed by atoms with Gasteiger partial charge < -0.3 is 5.41 Å². The molecular weight excluding hydrogens is 110 g/mol. The van der Waals surface area contributed by atoms with Gasteiger partial charge in [0.2, 0.25) is 0 Å². The van der Waals surface area contributed by atoms with Crippen LogP contribution in [-0.2, 0) is 0 Å². The Hall–Kier alpha value is -1.11. The zero-order valence-corrected chi connectivity index (χ0v) is 5.85. The summed E-state index contributed by atoms with van der Waals surface area (Å²) in [6, 6.07) is 0. The second kappa shape index (κ2) is 10.00. The zero-order chi connectivity index (χ0) is 7.70. The van der Waals surface area contributed by atoms with Gasteiger partial charge in [-0.1, -0.05) is 37.0 Å². The minimum atomic E-state index is 1.15. The lowest BCUT2D eigenvalue weighted by atomic mass is 10.3. The standard InChI is InChI=1S/C7H10.CH3N/c1-4-6-7(3)5-2;1-2/h4-6H,1-2H2,3H3;2H,1H2/b7-6-;. The van der Waals surface area contributed by atoms with Gasteiger partial charge in [-0.05, 0) is 13.6 Å². The Balaban J connectivity index is 0. The third kappa shape index (κ3) is 10.9. The van der Waals surface area contributed by atoms with Crippen LogP contribution in [0.4, 0.5) is 0 Å². The molecule has 1 nitrogen and oxygen atoms in total. The lowest BCUT2D eigenvalue weighted by Gasteiger charge is -1.80. The smallest absolute Gasteiger partial charge is 0.0187 e. The summed E-state index contributed by atoms with van der Waals surface area (Å²) in [5.74, 6) is 0. The van der Waals surface area contributed by atoms with Gasteiger partial charge in [0, 0.05) is 0 Å². The first-order chi connectivity index (χ1) is 4.31. The highest BCUT2D eigenvalue weighted by molar-refractivity contribution is 5.17. The third-order valence-corrected chi connectivity index (χ3v) is 0.703. The van der Waals surface area contributed by atoms with Crippen molar-refractivity contribution in [3.05, 3.63) is 37.0 Å². The summed E-state index contributed by atoms with van der Waals surface area (Å²) in [6.45, 7) is 11.6. The van der Waals surface area contributed by atoms with Crippen molar-refractivity contribution >= 4 is 6.72 Å². The summed E-state index contributed by atoms with van der Waals surface area (Å²) < 4.78 is 0. The van der Waals surface area contributed by atoms with Crippen LogP contribution in [0.15, 0.2) is 37.0 Å². The molecule has 0 radical (unpaired) electrons. The maximum Gasteiger partial charge on any atom is -0.0187 e. The normalized spacial score (nSPS) is 8.78. The molecule has 0 aromatic carbocycles. The summed E-state index contributed by atoms with van der Waals surface area (Å²) in [4.78, 5) is 0. The Morgan fingerprint density at radius 3 is 1.89 bits per heavy atom. The van der Waals surface area contributed by atoms with E-state index in [4.69, 9.17) is 5.41 Å². The predicted octanol–water partition coefficient (Wildman–Crippen LogP) is 2.57. The quantitative estimate of drug-likeness (QED) is 0.431. The SMILES string of the molecule is C=C/C=C(/C)C=C.C=N. The molecule has 0 rings (SSSR count). The van der Waals surface area contributed by atoms with E-state index in [1.165, 1.54) is 0 Å². The van der Waals surface area contributed by atoms with Gasteiger partial charge in [0.1, 0.15) is 0 Å². The van der Waals surface area contributed by atoms with Crippen LogP contribution < -0.4 is 0 Å². The second-order valence-electron chi connectivity index (χ2n) is 1.35. The van der Waals surface area contributed by atoms with Crippen LogP contribution in [0.1, 0.15) is 6.92 Å². The Labute approximate surface area is 56.9 Å². The fraction of sp³-hybridized carbons (Fsp3) is 0.125. The summed E-state index contributed by atoms with van der Waals surface area (Å²) in [5.41, 5.74) is 1.15. The van der Waals surface area contributed by atoms with E-state index < -0.39 is 0 Å². The number of hydrogen-bond acceptors (Lipinski definition) is 1. The second-order valence-corrected chi connectivity index (χ2v) is 1.35. The molecule has 1 N–H and O–H groups in total. The van der Waals surface area contributed by atoms with Gasteiger partial charge in [-0.2, -0.15) is 0 Å². The molecule has 0 aromatic rings. The van der Waals surface area contributed by atoms with E-state index in [0.29, 0.717) is 0 Å². The van der Waals surface area contributed by atoms with E-state index in [2.05, 4.69) is 19.9 Å². The van der Waals surface area contributed by atoms with Crippen molar-refractivity contribution in [1.29, 1.82) is 5.41 Å². The van der Waals surface area contributed by atoms with Crippen molar-refractivity contribution in [3.63, 3.8) is 0 Å². The third-order valence-electron chi connectivity index (χ3n) is 0.703. The molecule has 0 spiro atoms. The Bertz CT molecular complexity index is 112. The van der Waals surface area contributed by atoms with Crippen LogP contribution >= 0.6 is 0 Å². The average Bonchev–Trinajstić information content (AvgIpc) is 1.93. The Morgan fingerprint density at radius 1 is 1.33 bits per heavy atom. The maximum atomic E-state index is 5.50. The van der Waals surface area contributed by atoms with E-state index in [9.17, 15) is 0 Å². The molecule has 0 saturated carbocycles. The van der Waals surface area contributed by atoms with Gasteiger partial charge in [-0.25, -0.2) is 0 Å². The highest BCUT2D eigenvalue weighted by Crippen LogP contribution is 1.90. The molecule has 0 aliphatic heterocycles. The maximum absolute atomic E-state index is 5.50.